The van der Waals surface area contributed by atoms with Gasteiger partial charge < -0.3 is 18.9 Å². The summed E-state index contributed by atoms with van der Waals surface area (Å²) >= 11 is 6.87. The van der Waals surface area contributed by atoms with Gasteiger partial charge in [0.25, 0.3) is 5.56 Å². The van der Waals surface area contributed by atoms with E-state index in [1.165, 1.54) is 29.1 Å². The molecule has 0 amide bonds. The van der Waals surface area contributed by atoms with E-state index < -0.39 is 12.0 Å². The summed E-state index contributed by atoms with van der Waals surface area (Å²) in [7, 11) is 3.08. The number of hydrogen-bond donors (Lipinski definition) is 0. The number of esters is 1. The van der Waals surface area contributed by atoms with Crippen LogP contribution in [0.3, 0.4) is 0 Å². The average Bonchev–Trinajstić information content (AvgIpc) is 3.30. The number of rotatable bonds is 9. The second-order valence-electron chi connectivity index (χ2n) is 9.61. The highest BCUT2D eigenvalue weighted by Crippen LogP contribution is 2.36. The molecule has 1 atom stereocenters. The normalized spacial score (nSPS) is 14.6. The molecule has 12 heteroatoms. The van der Waals surface area contributed by atoms with Crippen LogP contribution in [0.25, 0.3) is 6.08 Å². The van der Waals surface area contributed by atoms with E-state index in [2.05, 4.69) is 43.5 Å². The van der Waals surface area contributed by atoms with Crippen molar-refractivity contribution in [3.63, 3.8) is 0 Å². The quantitative estimate of drug-likeness (QED) is 0.155. The van der Waals surface area contributed by atoms with Crippen molar-refractivity contribution >= 4 is 61.9 Å². The minimum atomic E-state index is -0.765. The van der Waals surface area contributed by atoms with Crippen LogP contribution >= 0.6 is 49.9 Å². The summed E-state index contributed by atoms with van der Waals surface area (Å²) in [5.74, 6) is 0.633. The third kappa shape index (κ3) is 6.33. The van der Waals surface area contributed by atoms with Crippen LogP contribution in [0.5, 0.6) is 17.2 Å². The summed E-state index contributed by atoms with van der Waals surface area (Å²) in [4.78, 5) is 32.3. The van der Waals surface area contributed by atoms with Crippen molar-refractivity contribution in [1.29, 1.82) is 0 Å². The number of hydrogen-bond acceptors (Lipinski definition) is 8. The Labute approximate surface area is 278 Å². The lowest BCUT2D eigenvalue weighted by atomic mass is 9.96. The van der Waals surface area contributed by atoms with Gasteiger partial charge in [0.05, 0.1) is 50.7 Å². The molecule has 0 saturated carbocycles. The van der Waals surface area contributed by atoms with E-state index in [0.717, 1.165) is 3.57 Å². The van der Waals surface area contributed by atoms with Gasteiger partial charge in [0, 0.05) is 5.56 Å². The highest BCUT2D eigenvalue weighted by atomic mass is 127. The Morgan fingerprint density at radius 2 is 1.89 bits per heavy atom. The average molecular weight is 793 g/mol. The van der Waals surface area contributed by atoms with Crippen LogP contribution in [0.4, 0.5) is 4.39 Å². The number of allylic oxidation sites excluding steroid dienone is 1. The molecule has 0 radical (unpaired) electrons. The Hall–Kier alpha value is -3.49. The standard InChI is InChI=1S/C32H27BrFIN2O6S/c1-5-42-31(39)27-17(2)36-32-37(28(27)19-10-11-24(40-3)21(33)15-19)30(38)26(44-32)14-18-12-23(35)29(25(13-18)41-4)43-16-20-8-6-7-9-22(20)34/h6-15,28H,5,16H2,1-4H3/b26-14+/t28-/m0/s1. The smallest absolute Gasteiger partial charge is 0.338 e. The number of carbonyl (C=O) groups is 1. The van der Waals surface area contributed by atoms with Crippen molar-refractivity contribution in [2.45, 2.75) is 26.5 Å². The van der Waals surface area contributed by atoms with Crippen molar-refractivity contribution in [2.24, 2.45) is 4.99 Å². The van der Waals surface area contributed by atoms with E-state index in [9.17, 15) is 14.0 Å². The molecule has 0 unspecified atom stereocenters. The van der Waals surface area contributed by atoms with Gasteiger partial charge in [-0.1, -0.05) is 35.6 Å². The summed E-state index contributed by atoms with van der Waals surface area (Å²) in [6.45, 7) is 3.68. The van der Waals surface area contributed by atoms with Gasteiger partial charge in [-0.2, -0.15) is 0 Å². The third-order valence-corrected chi connectivity index (χ3v) is 9.29. The Bertz CT molecular complexity index is 1970. The highest BCUT2D eigenvalue weighted by molar-refractivity contribution is 14.1. The molecule has 0 spiro atoms. The first-order valence-electron chi connectivity index (χ1n) is 13.4. The fourth-order valence-electron chi connectivity index (χ4n) is 4.84. The number of carbonyl (C=O) groups excluding carboxylic acids is 1. The number of ether oxygens (including phenoxy) is 4. The van der Waals surface area contributed by atoms with Gasteiger partial charge >= 0.3 is 5.97 Å². The SMILES string of the molecule is CCOC(=O)C1=C(C)N=c2s/c(=C/c3cc(I)c(OCc4ccccc4F)c(OC)c3)c(=O)n2[C@H]1c1ccc(OC)c(Br)c1. The van der Waals surface area contributed by atoms with E-state index in [1.54, 1.807) is 57.4 Å². The van der Waals surface area contributed by atoms with Crippen molar-refractivity contribution in [3.05, 3.63) is 116 Å². The van der Waals surface area contributed by atoms with E-state index in [0.29, 0.717) is 53.4 Å². The molecule has 8 nitrogen and oxygen atoms in total. The molecule has 44 heavy (non-hydrogen) atoms. The Morgan fingerprint density at radius 1 is 1.14 bits per heavy atom. The fourth-order valence-corrected chi connectivity index (χ4v) is 7.23. The van der Waals surface area contributed by atoms with E-state index in [1.807, 2.05) is 18.2 Å². The Morgan fingerprint density at radius 3 is 2.57 bits per heavy atom. The van der Waals surface area contributed by atoms with Gasteiger partial charge in [0.15, 0.2) is 16.3 Å². The number of halogens is 3. The molecule has 0 N–H and O–H groups in total. The molecule has 1 aromatic heterocycles. The zero-order valence-corrected chi connectivity index (χ0v) is 28.7. The van der Waals surface area contributed by atoms with Crippen molar-refractivity contribution in [2.75, 3.05) is 20.8 Å². The van der Waals surface area contributed by atoms with Crippen molar-refractivity contribution < 1.29 is 28.1 Å². The summed E-state index contributed by atoms with van der Waals surface area (Å²) in [6, 6.07) is 14.7. The first-order chi connectivity index (χ1) is 21.2. The number of nitrogens with zero attached hydrogens (tertiary/aromatic N) is 2. The van der Waals surface area contributed by atoms with Gasteiger partial charge in [0.2, 0.25) is 0 Å². The topological polar surface area (TPSA) is 88.4 Å². The lowest BCUT2D eigenvalue weighted by Gasteiger charge is -2.25. The summed E-state index contributed by atoms with van der Waals surface area (Å²) in [5, 5.41) is 0. The second kappa shape index (κ2) is 13.7. The summed E-state index contributed by atoms with van der Waals surface area (Å²) in [6.07, 6.45) is 1.75. The minimum absolute atomic E-state index is 0.0284. The van der Waals surface area contributed by atoms with Gasteiger partial charge in [-0.05, 0) is 99.9 Å². The maximum atomic E-state index is 14.1. The monoisotopic (exact) mass is 792 g/mol. The summed E-state index contributed by atoms with van der Waals surface area (Å²) in [5.41, 5.74) is 2.26. The number of aromatic nitrogens is 1. The fraction of sp³-hybridized carbons (Fsp3) is 0.219. The largest absolute Gasteiger partial charge is 0.496 e. The number of methoxy groups -OCH3 is 2. The molecular formula is C32H27BrFIN2O6S. The molecule has 2 heterocycles. The predicted octanol–water partition coefficient (Wildman–Crippen LogP) is 5.90. The zero-order chi connectivity index (χ0) is 31.5. The van der Waals surface area contributed by atoms with E-state index >= 15 is 0 Å². The maximum Gasteiger partial charge on any atom is 0.338 e. The second-order valence-corrected chi connectivity index (χ2v) is 12.6. The third-order valence-electron chi connectivity index (χ3n) is 6.89. The first-order valence-corrected chi connectivity index (χ1v) is 16.1. The maximum absolute atomic E-state index is 14.1. The molecule has 0 aliphatic carbocycles. The summed E-state index contributed by atoms with van der Waals surface area (Å²) < 4.78 is 39.8. The molecule has 0 bridgehead atoms. The van der Waals surface area contributed by atoms with Gasteiger partial charge in [-0.3, -0.25) is 9.36 Å². The van der Waals surface area contributed by atoms with Crippen LogP contribution < -0.4 is 29.1 Å². The van der Waals surface area contributed by atoms with E-state index in [-0.39, 0.29) is 30.2 Å². The Kier molecular flexibility index (Phi) is 9.90. The lowest BCUT2D eigenvalue weighted by molar-refractivity contribution is -0.139. The molecule has 3 aromatic carbocycles. The van der Waals surface area contributed by atoms with Gasteiger partial charge in [0.1, 0.15) is 18.2 Å². The van der Waals surface area contributed by atoms with Crippen LogP contribution in [0.2, 0.25) is 0 Å². The molecule has 0 saturated heterocycles. The van der Waals surface area contributed by atoms with Crippen LogP contribution in [0, 0.1) is 9.39 Å². The van der Waals surface area contributed by atoms with Crippen LogP contribution in [-0.4, -0.2) is 31.4 Å². The van der Waals surface area contributed by atoms with Gasteiger partial charge in [-0.15, -0.1) is 0 Å². The van der Waals surface area contributed by atoms with Crippen LogP contribution in [-0.2, 0) is 16.1 Å². The molecule has 1 aliphatic rings. The number of fused-ring (bicyclic) bond motifs is 1. The van der Waals surface area contributed by atoms with Gasteiger partial charge in [-0.25, -0.2) is 14.2 Å². The zero-order valence-electron chi connectivity index (χ0n) is 24.2. The molecule has 228 valence electrons. The van der Waals surface area contributed by atoms with Crippen molar-refractivity contribution in [3.8, 4) is 17.2 Å². The Balaban J connectivity index is 1.59. The predicted molar refractivity (Wildman–Crippen MR) is 178 cm³/mol. The molecule has 5 rings (SSSR count). The lowest BCUT2D eigenvalue weighted by Crippen LogP contribution is -2.40. The molecule has 1 aliphatic heterocycles. The number of thiazole rings is 1. The first kappa shape index (κ1) is 31.9. The molecule has 4 aromatic rings. The highest BCUT2D eigenvalue weighted by Gasteiger charge is 2.33. The molecule has 0 fully saturated rings. The minimum Gasteiger partial charge on any atom is -0.496 e. The van der Waals surface area contributed by atoms with E-state index in [4.69, 9.17) is 18.9 Å². The molecular weight excluding hydrogens is 766 g/mol. The van der Waals surface area contributed by atoms with Crippen LogP contribution in [0.15, 0.2) is 80.1 Å². The van der Waals surface area contributed by atoms with Crippen LogP contribution in [0.1, 0.15) is 36.6 Å². The number of benzene rings is 3. The van der Waals surface area contributed by atoms with Crippen molar-refractivity contribution in [1.82, 2.24) is 4.57 Å².